The van der Waals surface area contributed by atoms with E-state index in [1.165, 1.54) is 30.7 Å². The molecule has 1 aromatic heterocycles. The second-order valence-electron chi connectivity index (χ2n) is 4.82. The number of nitrogens with two attached hydrogens (primary N) is 1. The number of imidazole rings is 1. The van der Waals surface area contributed by atoms with Crippen molar-refractivity contribution in [1.82, 2.24) is 9.55 Å². The Balaban J connectivity index is 2.51. The van der Waals surface area contributed by atoms with Gasteiger partial charge in [0.25, 0.3) is 0 Å². The lowest BCUT2D eigenvalue weighted by Crippen LogP contribution is -2.17. The van der Waals surface area contributed by atoms with Gasteiger partial charge in [-0.05, 0) is 46.5 Å². The van der Waals surface area contributed by atoms with E-state index in [0.717, 1.165) is 12.2 Å². The minimum Gasteiger partial charge on any atom is -0.328 e. The molecule has 2 rings (SSSR count). The maximum atomic E-state index is 5.98. The highest BCUT2D eigenvalue weighted by atomic mass is 15.1. The molecule has 0 spiro atoms. The zero-order chi connectivity index (χ0) is 11.0. The molecule has 3 heteroatoms. The molecule has 0 fully saturated rings. The lowest BCUT2D eigenvalue weighted by molar-refractivity contribution is 0.513. The van der Waals surface area contributed by atoms with Gasteiger partial charge in [0.05, 0.1) is 11.7 Å². The molecule has 0 saturated carbocycles. The molecule has 0 unspecified atom stereocenters. The normalized spacial score (nSPS) is 17.9. The predicted molar refractivity (Wildman–Crippen MR) is 61.9 cm³/mol. The summed E-state index contributed by atoms with van der Waals surface area (Å²) in [4.78, 5) is 4.71. The fraction of sp³-hybridized carbons (Fsp3) is 0.750. The SMILES string of the molecule is CC(C)n1c([C@H](C)N)nc2c1CCCC2. The highest BCUT2D eigenvalue weighted by Crippen LogP contribution is 2.27. The fourth-order valence-electron chi connectivity index (χ4n) is 2.48. The fourth-order valence-corrected chi connectivity index (χ4v) is 2.48. The van der Waals surface area contributed by atoms with Crippen LogP contribution < -0.4 is 5.73 Å². The Morgan fingerprint density at radius 3 is 2.47 bits per heavy atom. The molecule has 2 N–H and O–H groups in total. The van der Waals surface area contributed by atoms with Crippen molar-refractivity contribution >= 4 is 0 Å². The van der Waals surface area contributed by atoms with Crippen molar-refractivity contribution in [2.24, 2.45) is 5.73 Å². The average molecular weight is 207 g/mol. The van der Waals surface area contributed by atoms with E-state index in [9.17, 15) is 0 Å². The van der Waals surface area contributed by atoms with Crippen molar-refractivity contribution in [3.8, 4) is 0 Å². The van der Waals surface area contributed by atoms with Crippen molar-refractivity contribution in [2.45, 2.75) is 58.5 Å². The number of nitrogens with zero attached hydrogens (tertiary/aromatic N) is 2. The maximum Gasteiger partial charge on any atom is 0.126 e. The molecular weight excluding hydrogens is 186 g/mol. The standard InChI is InChI=1S/C12H21N3/c1-8(2)15-11-7-5-4-6-10(11)14-12(15)9(3)13/h8-9H,4-7,13H2,1-3H3/t9-/m0/s1. The Hall–Kier alpha value is -0.830. The summed E-state index contributed by atoms with van der Waals surface area (Å²) >= 11 is 0. The van der Waals surface area contributed by atoms with Gasteiger partial charge in [0, 0.05) is 11.7 Å². The van der Waals surface area contributed by atoms with Crippen LogP contribution in [0.15, 0.2) is 0 Å². The van der Waals surface area contributed by atoms with Crippen LogP contribution in [0.25, 0.3) is 0 Å². The van der Waals surface area contributed by atoms with E-state index < -0.39 is 0 Å². The lowest BCUT2D eigenvalue weighted by Gasteiger charge is -2.19. The molecule has 1 aromatic rings. The minimum atomic E-state index is 0.0398. The third-order valence-electron chi connectivity index (χ3n) is 3.12. The second kappa shape index (κ2) is 3.97. The number of hydrogen-bond acceptors (Lipinski definition) is 2. The van der Waals surface area contributed by atoms with E-state index in [2.05, 4.69) is 18.4 Å². The third-order valence-corrected chi connectivity index (χ3v) is 3.12. The summed E-state index contributed by atoms with van der Waals surface area (Å²) in [7, 11) is 0. The maximum absolute atomic E-state index is 5.98. The van der Waals surface area contributed by atoms with Gasteiger partial charge in [0.2, 0.25) is 0 Å². The van der Waals surface area contributed by atoms with Gasteiger partial charge in [0.1, 0.15) is 5.82 Å². The Labute approximate surface area is 91.7 Å². The van der Waals surface area contributed by atoms with Crippen molar-refractivity contribution in [3.05, 3.63) is 17.2 Å². The van der Waals surface area contributed by atoms with E-state index in [4.69, 9.17) is 10.7 Å². The van der Waals surface area contributed by atoms with Gasteiger partial charge in [-0.1, -0.05) is 0 Å². The quantitative estimate of drug-likeness (QED) is 0.809. The first-order valence-corrected chi connectivity index (χ1v) is 5.96. The Morgan fingerprint density at radius 2 is 1.87 bits per heavy atom. The third kappa shape index (κ3) is 1.81. The summed E-state index contributed by atoms with van der Waals surface area (Å²) in [6.45, 7) is 6.44. The van der Waals surface area contributed by atoms with Crippen molar-refractivity contribution in [1.29, 1.82) is 0 Å². The first-order valence-electron chi connectivity index (χ1n) is 5.96. The van der Waals surface area contributed by atoms with Crippen molar-refractivity contribution in [3.63, 3.8) is 0 Å². The van der Waals surface area contributed by atoms with Crippen LogP contribution in [0, 0.1) is 0 Å². The smallest absolute Gasteiger partial charge is 0.126 e. The van der Waals surface area contributed by atoms with E-state index in [1.54, 1.807) is 0 Å². The number of aryl methyl sites for hydroxylation is 1. The summed E-state index contributed by atoms with van der Waals surface area (Å²) in [5.41, 5.74) is 8.71. The molecular formula is C12H21N3. The Bertz CT molecular complexity index is 350. The van der Waals surface area contributed by atoms with E-state index in [0.29, 0.717) is 6.04 Å². The van der Waals surface area contributed by atoms with Crippen LogP contribution in [0.3, 0.4) is 0 Å². The molecule has 3 nitrogen and oxygen atoms in total. The summed E-state index contributed by atoms with van der Waals surface area (Å²) in [6, 6.07) is 0.512. The van der Waals surface area contributed by atoms with E-state index in [1.807, 2.05) is 6.92 Å². The van der Waals surface area contributed by atoms with E-state index >= 15 is 0 Å². The molecule has 1 heterocycles. The van der Waals surface area contributed by atoms with Crippen LogP contribution in [0.1, 0.15) is 62.9 Å². The average Bonchev–Trinajstić information content (AvgIpc) is 2.56. The topological polar surface area (TPSA) is 43.8 Å². The molecule has 0 bridgehead atoms. The zero-order valence-corrected chi connectivity index (χ0v) is 9.95. The van der Waals surface area contributed by atoms with Gasteiger partial charge in [-0.25, -0.2) is 4.98 Å². The van der Waals surface area contributed by atoms with E-state index in [-0.39, 0.29) is 6.04 Å². The summed E-state index contributed by atoms with van der Waals surface area (Å²) < 4.78 is 2.35. The zero-order valence-electron chi connectivity index (χ0n) is 9.95. The summed E-state index contributed by atoms with van der Waals surface area (Å²) in [5.74, 6) is 1.07. The van der Waals surface area contributed by atoms with Gasteiger partial charge >= 0.3 is 0 Å². The molecule has 1 aliphatic rings. The van der Waals surface area contributed by atoms with Crippen molar-refractivity contribution < 1.29 is 0 Å². The van der Waals surface area contributed by atoms with Crippen LogP contribution in [0.2, 0.25) is 0 Å². The minimum absolute atomic E-state index is 0.0398. The van der Waals surface area contributed by atoms with Gasteiger partial charge in [-0.15, -0.1) is 0 Å². The Kier molecular flexibility index (Phi) is 2.83. The number of fused-ring (bicyclic) bond motifs is 1. The molecule has 1 atom stereocenters. The predicted octanol–water partition coefficient (Wildman–Crippen LogP) is 2.36. The molecule has 0 aromatic carbocycles. The summed E-state index contributed by atoms with van der Waals surface area (Å²) in [5, 5.41) is 0. The Morgan fingerprint density at radius 1 is 1.20 bits per heavy atom. The first kappa shape index (κ1) is 10.7. The van der Waals surface area contributed by atoms with Crippen LogP contribution in [0.4, 0.5) is 0 Å². The number of rotatable bonds is 2. The first-order chi connectivity index (χ1) is 7.11. The van der Waals surface area contributed by atoms with Crippen LogP contribution in [-0.4, -0.2) is 9.55 Å². The van der Waals surface area contributed by atoms with Gasteiger partial charge in [-0.2, -0.15) is 0 Å². The largest absolute Gasteiger partial charge is 0.328 e. The molecule has 15 heavy (non-hydrogen) atoms. The summed E-state index contributed by atoms with van der Waals surface area (Å²) in [6.07, 6.45) is 4.88. The van der Waals surface area contributed by atoms with Gasteiger partial charge in [0.15, 0.2) is 0 Å². The van der Waals surface area contributed by atoms with Crippen LogP contribution in [-0.2, 0) is 12.8 Å². The molecule has 0 amide bonds. The molecule has 0 radical (unpaired) electrons. The monoisotopic (exact) mass is 207 g/mol. The van der Waals surface area contributed by atoms with Gasteiger partial charge in [-0.3, -0.25) is 0 Å². The number of hydrogen-bond donors (Lipinski definition) is 1. The molecule has 0 saturated heterocycles. The molecule has 0 aliphatic heterocycles. The lowest BCUT2D eigenvalue weighted by atomic mass is 10.0. The highest BCUT2D eigenvalue weighted by Gasteiger charge is 2.22. The second-order valence-corrected chi connectivity index (χ2v) is 4.82. The van der Waals surface area contributed by atoms with Crippen LogP contribution >= 0.6 is 0 Å². The van der Waals surface area contributed by atoms with Crippen molar-refractivity contribution in [2.75, 3.05) is 0 Å². The molecule has 1 aliphatic carbocycles. The number of aromatic nitrogens is 2. The molecule has 84 valence electrons. The van der Waals surface area contributed by atoms with Gasteiger partial charge < -0.3 is 10.3 Å². The van der Waals surface area contributed by atoms with Crippen LogP contribution in [0.5, 0.6) is 0 Å². The highest BCUT2D eigenvalue weighted by molar-refractivity contribution is 5.22.